The molecule has 2 amide bonds. The highest BCUT2D eigenvalue weighted by molar-refractivity contribution is 6.09. The van der Waals surface area contributed by atoms with Gasteiger partial charge in [0, 0.05) is 23.5 Å². The van der Waals surface area contributed by atoms with Crippen LogP contribution in [0, 0.1) is 6.92 Å². The molecular formula is C29H31N3O3. The van der Waals surface area contributed by atoms with E-state index in [0.717, 1.165) is 31.2 Å². The fourth-order valence-corrected chi connectivity index (χ4v) is 4.56. The Morgan fingerprint density at radius 3 is 2.34 bits per heavy atom. The summed E-state index contributed by atoms with van der Waals surface area (Å²) in [5.41, 5.74) is 2.92. The maximum Gasteiger partial charge on any atom is 0.277 e. The Morgan fingerprint density at radius 1 is 0.943 bits per heavy atom. The van der Waals surface area contributed by atoms with Gasteiger partial charge in [-0.15, -0.1) is 0 Å². The summed E-state index contributed by atoms with van der Waals surface area (Å²) < 4.78 is 0. The predicted octanol–water partition coefficient (Wildman–Crippen LogP) is 5.43. The second-order valence-electron chi connectivity index (χ2n) is 9.15. The summed E-state index contributed by atoms with van der Waals surface area (Å²) in [5, 5.41) is 3.21. The van der Waals surface area contributed by atoms with Gasteiger partial charge in [-0.3, -0.25) is 24.3 Å². The molecule has 1 aliphatic rings. The molecule has 0 saturated heterocycles. The van der Waals surface area contributed by atoms with E-state index in [1.807, 2.05) is 31.2 Å². The summed E-state index contributed by atoms with van der Waals surface area (Å²) >= 11 is 0. The van der Waals surface area contributed by atoms with Crippen LogP contribution in [0.15, 0.2) is 72.9 Å². The van der Waals surface area contributed by atoms with Crippen LogP contribution in [0.1, 0.15) is 77.0 Å². The third-order valence-corrected chi connectivity index (χ3v) is 6.48. The molecule has 1 heterocycles. The molecular weight excluding hydrogens is 438 g/mol. The van der Waals surface area contributed by atoms with Crippen molar-refractivity contribution in [3.8, 4) is 0 Å². The number of anilines is 1. The Balaban J connectivity index is 1.83. The van der Waals surface area contributed by atoms with Crippen LogP contribution in [-0.2, 0) is 4.79 Å². The lowest BCUT2D eigenvalue weighted by atomic mass is 9.94. The number of ketones is 1. The van der Waals surface area contributed by atoms with Crippen LogP contribution in [-0.4, -0.2) is 28.6 Å². The molecule has 0 spiro atoms. The Morgan fingerprint density at radius 2 is 1.69 bits per heavy atom. The quantitative estimate of drug-likeness (QED) is 0.468. The maximum absolute atomic E-state index is 13.9. The van der Waals surface area contributed by atoms with Gasteiger partial charge in [0.2, 0.25) is 5.91 Å². The zero-order valence-corrected chi connectivity index (χ0v) is 20.2. The molecule has 1 aromatic heterocycles. The second-order valence-corrected chi connectivity index (χ2v) is 9.15. The number of carbonyl (C=O) groups is 3. The number of Topliss-reactive ketones (excluding diaryl/α,β-unsaturated/α-hetero) is 1. The Kier molecular flexibility index (Phi) is 7.70. The van der Waals surface area contributed by atoms with Crippen LogP contribution >= 0.6 is 0 Å². The number of hydrogen-bond donors (Lipinski definition) is 1. The second kappa shape index (κ2) is 11.1. The first kappa shape index (κ1) is 24.3. The molecule has 1 N–H and O–H groups in total. The van der Waals surface area contributed by atoms with E-state index in [1.54, 1.807) is 48.7 Å². The lowest BCUT2D eigenvalue weighted by Gasteiger charge is -2.33. The number of carbonyl (C=O) groups excluding carboxylic acids is 3. The molecule has 3 aromatic rings. The van der Waals surface area contributed by atoms with Crippen LogP contribution < -0.4 is 10.2 Å². The standard InChI is InChI=1S/C29H31N3O3/c1-20-14-16-22(17-15-20)27(28(34)31-24-10-4-3-5-11-24)32(29(35)26-13-6-7-18-30-26)25-12-8-9-23(19-25)21(2)33/h6-9,12-19,24,27H,3-5,10-11H2,1-2H3,(H,31,34). The van der Waals surface area contributed by atoms with Gasteiger partial charge < -0.3 is 5.32 Å². The van der Waals surface area contributed by atoms with Gasteiger partial charge >= 0.3 is 0 Å². The number of nitrogens with zero attached hydrogens (tertiary/aromatic N) is 2. The van der Waals surface area contributed by atoms with Crippen LogP contribution in [0.5, 0.6) is 0 Å². The first-order valence-corrected chi connectivity index (χ1v) is 12.2. The van der Waals surface area contributed by atoms with Crippen molar-refractivity contribution in [3.05, 3.63) is 95.3 Å². The molecule has 1 fully saturated rings. The molecule has 35 heavy (non-hydrogen) atoms. The fourth-order valence-electron chi connectivity index (χ4n) is 4.56. The minimum Gasteiger partial charge on any atom is -0.351 e. The van der Waals surface area contributed by atoms with E-state index in [4.69, 9.17) is 0 Å². The molecule has 0 bridgehead atoms. The molecule has 4 rings (SSSR count). The van der Waals surface area contributed by atoms with Crippen LogP contribution in [0.2, 0.25) is 0 Å². The monoisotopic (exact) mass is 469 g/mol. The van der Waals surface area contributed by atoms with Crippen molar-refractivity contribution in [1.29, 1.82) is 0 Å². The van der Waals surface area contributed by atoms with Gasteiger partial charge in [0.1, 0.15) is 11.7 Å². The molecule has 0 radical (unpaired) electrons. The van der Waals surface area contributed by atoms with Crippen molar-refractivity contribution in [3.63, 3.8) is 0 Å². The Hall–Kier alpha value is -3.80. The molecule has 6 heteroatoms. The van der Waals surface area contributed by atoms with Gasteiger partial charge in [-0.1, -0.05) is 67.3 Å². The molecule has 1 unspecified atom stereocenters. The van der Waals surface area contributed by atoms with Crippen molar-refractivity contribution in [2.45, 2.75) is 58.0 Å². The van der Waals surface area contributed by atoms with Crippen molar-refractivity contribution >= 4 is 23.3 Å². The summed E-state index contributed by atoms with van der Waals surface area (Å²) in [7, 11) is 0. The molecule has 180 valence electrons. The summed E-state index contributed by atoms with van der Waals surface area (Å²) in [6, 6.07) is 18.8. The van der Waals surface area contributed by atoms with E-state index in [9.17, 15) is 14.4 Å². The number of amides is 2. The average molecular weight is 470 g/mol. The van der Waals surface area contributed by atoms with Gasteiger partial charge in [-0.2, -0.15) is 0 Å². The number of aromatic nitrogens is 1. The zero-order chi connectivity index (χ0) is 24.8. The first-order valence-electron chi connectivity index (χ1n) is 12.2. The predicted molar refractivity (Wildman–Crippen MR) is 136 cm³/mol. The van der Waals surface area contributed by atoms with Crippen molar-refractivity contribution in [1.82, 2.24) is 10.3 Å². The Labute approximate surface area is 206 Å². The lowest BCUT2D eigenvalue weighted by molar-refractivity contribution is -0.123. The SMILES string of the molecule is CC(=O)c1cccc(N(C(=O)c2ccccn2)C(C(=O)NC2CCCCC2)c2ccc(C)cc2)c1. The smallest absolute Gasteiger partial charge is 0.277 e. The normalized spacial score (nSPS) is 14.7. The van der Waals surface area contributed by atoms with Gasteiger partial charge in [-0.05, 0) is 56.5 Å². The molecule has 0 aliphatic heterocycles. The van der Waals surface area contributed by atoms with Crippen LogP contribution in [0.4, 0.5) is 5.69 Å². The van der Waals surface area contributed by atoms with E-state index in [0.29, 0.717) is 16.8 Å². The third kappa shape index (κ3) is 5.83. The van der Waals surface area contributed by atoms with Crippen LogP contribution in [0.3, 0.4) is 0 Å². The molecule has 2 aromatic carbocycles. The molecule has 1 saturated carbocycles. The number of pyridine rings is 1. The van der Waals surface area contributed by atoms with E-state index >= 15 is 0 Å². The lowest BCUT2D eigenvalue weighted by Crippen LogP contribution is -2.47. The summed E-state index contributed by atoms with van der Waals surface area (Å²) in [6.45, 7) is 3.46. The molecule has 1 aliphatic carbocycles. The summed E-state index contributed by atoms with van der Waals surface area (Å²) in [6.07, 6.45) is 6.76. The van der Waals surface area contributed by atoms with Crippen LogP contribution in [0.25, 0.3) is 0 Å². The molecule has 1 atom stereocenters. The van der Waals surface area contributed by atoms with E-state index < -0.39 is 11.9 Å². The maximum atomic E-state index is 13.9. The number of hydrogen-bond acceptors (Lipinski definition) is 4. The summed E-state index contributed by atoms with van der Waals surface area (Å²) in [4.78, 5) is 45.6. The minimum absolute atomic E-state index is 0.0829. The highest BCUT2D eigenvalue weighted by atomic mass is 16.2. The molecule has 6 nitrogen and oxygen atoms in total. The van der Waals surface area contributed by atoms with Crippen molar-refractivity contribution in [2.75, 3.05) is 4.90 Å². The average Bonchev–Trinajstić information content (AvgIpc) is 2.88. The highest BCUT2D eigenvalue weighted by Gasteiger charge is 2.35. The topological polar surface area (TPSA) is 79.4 Å². The fraction of sp³-hybridized carbons (Fsp3) is 0.310. The van der Waals surface area contributed by atoms with Crippen molar-refractivity contribution in [2.24, 2.45) is 0 Å². The first-order chi connectivity index (χ1) is 16.9. The Bertz CT molecular complexity index is 1190. The van der Waals surface area contributed by atoms with E-state index in [-0.39, 0.29) is 23.4 Å². The number of benzene rings is 2. The number of aryl methyl sites for hydroxylation is 1. The number of rotatable bonds is 7. The van der Waals surface area contributed by atoms with Gasteiger partial charge in [0.05, 0.1) is 0 Å². The van der Waals surface area contributed by atoms with E-state index in [2.05, 4.69) is 10.3 Å². The van der Waals surface area contributed by atoms with Crippen molar-refractivity contribution < 1.29 is 14.4 Å². The van der Waals surface area contributed by atoms with E-state index in [1.165, 1.54) is 18.2 Å². The summed E-state index contributed by atoms with van der Waals surface area (Å²) in [5.74, 6) is -0.760. The zero-order valence-electron chi connectivity index (χ0n) is 20.2. The van der Waals surface area contributed by atoms with Gasteiger partial charge in [0.15, 0.2) is 5.78 Å². The highest BCUT2D eigenvalue weighted by Crippen LogP contribution is 2.31. The largest absolute Gasteiger partial charge is 0.351 e. The number of nitrogens with one attached hydrogen (secondary N) is 1. The minimum atomic E-state index is -0.922. The van der Waals surface area contributed by atoms with Gasteiger partial charge in [-0.25, -0.2) is 0 Å². The van der Waals surface area contributed by atoms with Gasteiger partial charge in [0.25, 0.3) is 5.91 Å². The third-order valence-electron chi connectivity index (χ3n) is 6.48.